The lowest BCUT2D eigenvalue weighted by atomic mass is 9.98. The molecule has 0 aromatic heterocycles. The largest absolute Gasteiger partial charge is 0.388 e. The summed E-state index contributed by atoms with van der Waals surface area (Å²) in [5.41, 5.74) is 2.78. The molecule has 0 radical (unpaired) electrons. The molecule has 0 fully saturated rings. The van der Waals surface area contributed by atoms with Gasteiger partial charge in [0.2, 0.25) is 0 Å². The third kappa shape index (κ3) is 3.53. The first kappa shape index (κ1) is 13.5. The summed E-state index contributed by atoms with van der Waals surface area (Å²) in [6.45, 7) is 6.78. The fourth-order valence-corrected chi connectivity index (χ4v) is 2.99. The minimum absolute atomic E-state index is 0.701. The van der Waals surface area contributed by atoms with E-state index in [1.807, 2.05) is 19.0 Å². The highest BCUT2D eigenvalue weighted by molar-refractivity contribution is 7.97. The second kappa shape index (κ2) is 6.30. The van der Waals surface area contributed by atoms with E-state index in [0.29, 0.717) is 5.92 Å². The van der Waals surface area contributed by atoms with E-state index < -0.39 is 0 Å². The van der Waals surface area contributed by atoms with Gasteiger partial charge in [-0.1, -0.05) is 25.5 Å². The lowest BCUT2D eigenvalue weighted by molar-refractivity contribution is 0.478. The molecule has 2 rings (SSSR count). The number of rotatable bonds is 4. The number of nitrogens with zero attached hydrogens (tertiary/aromatic N) is 1. The molecule has 0 aliphatic carbocycles. The van der Waals surface area contributed by atoms with Gasteiger partial charge in [-0.25, -0.2) is 4.31 Å². The van der Waals surface area contributed by atoms with Crippen LogP contribution < -0.4 is 5.32 Å². The van der Waals surface area contributed by atoms with Crippen molar-refractivity contribution in [2.45, 2.75) is 25.2 Å². The Morgan fingerprint density at radius 2 is 1.94 bits per heavy atom. The van der Waals surface area contributed by atoms with Gasteiger partial charge in [-0.15, -0.1) is 0 Å². The van der Waals surface area contributed by atoms with Crippen LogP contribution in [0.3, 0.4) is 0 Å². The average Bonchev–Trinajstić information content (AvgIpc) is 2.40. The minimum atomic E-state index is 0.701. The van der Waals surface area contributed by atoms with Gasteiger partial charge < -0.3 is 5.32 Å². The third-order valence-electron chi connectivity index (χ3n) is 3.33. The molecule has 3 heteroatoms. The smallest absolute Gasteiger partial charge is 0.0338 e. The zero-order chi connectivity index (χ0) is 13.0. The summed E-state index contributed by atoms with van der Waals surface area (Å²) in [5, 5.41) is 3.14. The van der Waals surface area contributed by atoms with E-state index in [1.54, 1.807) is 5.57 Å². The molecule has 98 valence electrons. The molecule has 0 atom stereocenters. The first-order valence-corrected chi connectivity index (χ1v) is 7.36. The van der Waals surface area contributed by atoms with Crippen LogP contribution >= 0.6 is 11.9 Å². The van der Waals surface area contributed by atoms with Gasteiger partial charge in [0.05, 0.1) is 0 Å². The van der Waals surface area contributed by atoms with Crippen molar-refractivity contribution in [3.05, 3.63) is 35.9 Å². The molecular formula is C15H22N2S. The third-order valence-corrected chi connectivity index (χ3v) is 4.40. The molecule has 0 unspecified atom stereocenters. The maximum Gasteiger partial charge on any atom is 0.0338 e. The van der Waals surface area contributed by atoms with Crippen molar-refractivity contribution in [1.29, 1.82) is 0 Å². The Morgan fingerprint density at radius 3 is 2.44 bits per heavy atom. The zero-order valence-electron chi connectivity index (χ0n) is 11.4. The summed E-state index contributed by atoms with van der Waals surface area (Å²) in [6, 6.07) is 8.61. The summed E-state index contributed by atoms with van der Waals surface area (Å²) in [7, 11) is 1.95. The quantitative estimate of drug-likeness (QED) is 0.651. The standard InChI is InChI=1S/C15H22N2S/c1-12(2)13-8-10-17(11-9-13)18-15-6-4-14(16-3)5-7-15/h4-8,12,16H,9-11H2,1-3H3. The van der Waals surface area contributed by atoms with Crippen molar-refractivity contribution >= 4 is 17.6 Å². The van der Waals surface area contributed by atoms with E-state index in [4.69, 9.17) is 0 Å². The molecule has 0 saturated carbocycles. The highest BCUT2D eigenvalue weighted by atomic mass is 32.2. The second-order valence-corrected chi connectivity index (χ2v) is 6.11. The molecule has 1 aliphatic rings. The van der Waals surface area contributed by atoms with E-state index in [2.05, 4.69) is 53.8 Å². The lowest BCUT2D eigenvalue weighted by Crippen LogP contribution is -2.23. The molecule has 0 amide bonds. The summed E-state index contributed by atoms with van der Waals surface area (Å²) >= 11 is 1.86. The molecular weight excluding hydrogens is 240 g/mol. The zero-order valence-corrected chi connectivity index (χ0v) is 12.3. The fourth-order valence-electron chi connectivity index (χ4n) is 2.11. The molecule has 18 heavy (non-hydrogen) atoms. The topological polar surface area (TPSA) is 15.3 Å². The van der Waals surface area contributed by atoms with E-state index in [0.717, 1.165) is 13.1 Å². The SMILES string of the molecule is CNc1ccc(SN2CC=C(C(C)C)CC2)cc1. The molecule has 1 heterocycles. The van der Waals surface area contributed by atoms with Crippen LogP contribution in [0.1, 0.15) is 20.3 Å². The van der Waals surface area contributed by atoms with Crippen molar-refractivity contribution in [1.82, 2.24) is 4.31 Å². The lowest BCUT2D eigenvalue weighted by Gasteiger charge is -2.26. The first-order valence-electron chi connectivity index (χ1n) is 6.58. The summed E-state index contributed by atoms with van der Waals surface area (Å²) in [5.74, 6) is 0.701. The second-order valence-electron chi connectivity index (χ2n) is 4.94. The summed E-state index contributed by atoms with van der Waals surface area (Å²) in [4.78, 5) is 1.32. The number of hydrogen-bond acceptors (Lipinski definition) is 3. The van der Waals surface area contributed by atoms with Gasteiger partial charge in [0.1, 0.15) is 0 Å². The maximum atomic E-state index is 3.14. The number of nitrogens with one attached hydrogen (secondary N) is 1. The Bertz CT molecular complexity index is 409. The monoisotopic (exact) mass is 262 g/mol. The van der Waals surface area contributed by atoms with Crippen LogP contribution in [0.2, 0.25) is 0 Å². The fraction of sp³-hybridized carbons (Fsp3) is 0.467. The summed E-state index contributed by atoms with van der Waals surface area (Å²) < 4.78 is 2.43. The van der Waals surface area contributed by atoms with Crippen LogP contribution in [0.15, 0.2) is 40.8 Å². The summed E-state index contributed by atoms with van der Waals surface area (Å²) in [6.07, 6.45) is 3.60. The molecule has 2 nitrogen and oxygen atoms in total. The molecule has 1 N–H and O–H groups in total. The predicted octanol–water partition coefficient (Wildman–Crippen LogP) is 4.02. The van der Waals surface area contributed by atoms with E-state index in [9.17, 15) is 0 Å². The van der Waals surface area contributed by atoms with Crippen molar-refractivity contribution in [3.8, 4) is 0 Å². The molecule has 0 saturated heterocycles. The van der Waals surface area contributed by atoms with E-state index in [-0.39, 0.29) is 0 Å². The van der Waals surface area contributed by atoms with Crippen molar-refractivity contribution in [3.63, 3.8) is 0 Å². The van der Waals surface area contributed by atoms with Gasteiger partial charge in [-0.3, -0.25) is 0 Å². The van der Waals surface area contributed by atoms with Crippen LogP contribution in [0, 0.1) is 5.92 Å². The number of hydrogen-bond donors (Lipinski definition) is 1. The number of anilines is 1. The highest BCUT2D eigenvalue weighted by Crippen LogP contribution is 2.28. The molecule has 0 bridgehead atoms. The normalized spacial score (nSPS) is 16.8. The van der Waals surface area contributed by atoms with Crippen LogP contribution in [0.25, 0.3) is 0 Å². The molecule has 1 aromatic rings. The Labute approximate surface area is 115 Å². The Hall–Kier alpha value is -0.930. The highest BCUT2D eigenvalue weighted by Gasteiger charge is 2.14. The van der Waals surface area contributed by atoms with Gasteiger partial charge in [0.15, 0.2) is 0 Å². The van der Waals surface area contributed by atoms with Gasteiger partial charge in [0.25, 0.3) is 0 Å². The van der Waals surface area contributed by atoms with Gasteiger partial charge >= 0.3 is 0 Å². The van der Waals surface area contributed by atoms with Crippen LogP contribution in [-0.2, 0) is 0 Å². The van der Waals surface area contributed by atoms with Gasteiger partial charge in [-0.2, -0.15) is 0 Å². The Kier molecular flexibility index (Phi) is 4.72. The van der Waals surface area contributed by atoms with Crippen LogP contribution in [-0.4, -0.2) is 24.4 Å². The van der Waals surface area contributed by atoms with E-state index in [1.165, 1.54) is 17.0 Å². The van der Waals surface area contributed by atoms with Crippen molar-refractivity contribution in [2.24, 2.45) is 5.92 Å². The average molecular weight is 262 g/mol. The van der Waals surface area contributed by atoms with Crippen LogP contribution in [0.5, 0.6) is 0 Å². The van der Waals surface area contributed by atoms with Crippen molar-refractivity contribution < 1.29 is 0 Å². The molecule has 0 spiro atoms. The van der Waals surface area contributed by atoms with E-state index >= 15 is 0 Å². The minimum Gasteiger partial charge on any atom is -0.388 e. The number of benzene rings is 1. The Morgan fingerprint density at radius 1 is 1.22 bits per heavy atom. The molecule has 1 aromatic carbocycles. The van der Waals surface area contributed by atoms with Crippen molar-refractivity contribution in [2.75, 3.05) is 25.5 Å². The first-order chi connectivity index (χ1) is 8.69. The Balaban J connectivity index is 1.91. The van der Waals surface area contributed by atoms with Crippen LogP contribution in [0.4, 0.5) is 5.69 Å². The van der Waals surface area contributed by atoms with Gasteiger partial charge in [-0.05, 0) is 48.6 Å². The molecule has 1 aliphatic heterocycles. The predicted molar refractivity (Wildman–Crippen MR) is 81.0 cm³/mol. The maximum absolute atomic E-state index is 3.14. The van der Waals surface area contributed by atoms with Gasteiger partial charge in [0, 0.05) is 30.7 Å².